The third-order valence-corrected chi connectivity index (χ3v) is 3.78. The van der Waals surface area contributed by atoms with E-state index in [1.54, 1.807) is 13.0 Å². The number of likely N-dealkylation sites (tertiary alicyclic amines) is 1. The molecule has 1 amide bonds. The molecule has 0 aromatic heterocycles. The highest BCUT2D eigenvalue weighted by Gasteiger charge is 2.21. The van der Waals surface area contributed by atoms with Crippen LogP contribution in [0, 0.1) is 18.7 Å². The second kappa shape index (κ2) is 5.51. The van der Waals surface area contributed by atoms with Crippen LogP contribution < -0.4 is 0 Å². The van der Waals surface area contributed by atoms with Crippen molar-refractivity contribution in [2.45, 2.75) is 26.2 Å². The topological polar surface area (TPSA) is 20.3 Å². The zero-order chi connectivity index (χ0) is 13.1. The molecule has 97 valence electrons. The van der Waals surface area contributed by atoms with Gasteiger partial charge in [0.1, 0.15) is 5.82 Å². The molecular weight excluding hydrogens is 229 g/mol. The minimum absolute atomic E-state index is 0.150. The van der Waals surface area contributed by atoms with Crippen LogP contribution in [0.3, 0.4) is 0 Å². The first-order chi connectivity index (χ1) is 8.58. The predicted octanol–water partition coefficient (Wildman–Crippen LogP) is 2.81. The molecule has 3 heteroatoms. The van der Waals surface area contributed by atoms with Gasteiger partial charge in [0, 0.05) is 20.0 Å². The van der Waals surface area contributed by atoms with Crippen LogP contribution in [0.5, 0.6) is 0 Å². The Balaban J connectivity index is 1.96. The van der Waals surface area contributed by atoms with Crippen molar-refractivity contribution in [2.24, 2.45) is 5.92 Å². The van der Waals surface area contributed by atoms with Crippen LogP contribution in [-0.2, 0) is 11.2 Å². The van der Waals surface area contributed by atoms with Gasteiger partial charge in [-0.2, -0.15) is 0 Å². The molecule has 0 aliphatic carbocycles. The maximum Gasteiger partial charge on any atom is 0.219 e. The molecule has 2 rings (SSSR count). The van der Waals surface area contributed by atoms with Crippen LogP contribution in [0.15, 0.2) is 18.2 Å². The van der Waals surface area contributed by atoms with Crippen molar-refractivity contribution < 1.29 is 9.18 Å². The molecule has 1 fully saturated rings. The summed E-state index contributed by atoms with van der Waals surface area (Å²) in [4.78, 5) is 13.1. The lowest BCUT2D eigenvalue weighted by molar-refractivity contribution is -0.130. The smallest absolute Gasteiger partial charge is 0.219 e. The highest BCUT2D eigenvalue weighted by atomic mass is 19.1. The minimum Gasteiger partial charge on any atom is -0.343 e. The number of hydrogen-bond donors (Lipinski definition) is 0. The Hall–Kier alpha value is -1.38. The van der Waals surface area contributed by atoms with Gasteiger partial charge in [0.15, 0.2) is 0 Å². The number of carbonyl (C=O) groups excluding carboxylic acids is 1. The van der Waals surface area contributed by atoms with Gasteiger partial charge in [-0.25, -0.2) is 4.39 Å². The van der Waals surface area contributed by atoms with E-state index in [1.165, 1.54) is 6.07 Å². The van der Waals surface area contributed by atoms with E-state index in [-0.39, 0.29) is 11.7 Å². The predicted molar refractivity (Wildman–Crippen MR) is 69.5 cm³/mol. The maximum absolute atomic E-state index is 13.4. The SMILES string of the molecule is [CH2]c1c(F)cccc1CC1CCN(C(C)=O)CC1. The van der Waals surface area contributed by atoms with E-state index < -0.39 is 0 Å². The molecule has 1 saturated heterocycles. The fourth-order valence-corrected chi connectivity index (χ4v) is 2.56. The molecule has 1 radical (unpaired) electrons. The molecule has 0 saturated carbocycles. The second-order valence-electron chi connectivity index (χ2n) is 5.03. The molecule has 1 aliphatic rings. The summed E-state index contributed by atoms with van der Waals surface area (Å²) in [5, 5.41) is 0. The highest BCUT2D eigenvalue weighted by Crippen LogP contribution is 2.24. The third kappa shape index (κ3) is 2.89. The first kappa shape index (κ1) is 13.1. The van der Waals surface area contributed by atoms with Crippen molar-refractivity contribution in [3.05, 3.63) is 42.1 Å². The molecule has 1 aromatic rings. The lowest BCUT2D eigenvalue weighted by Crippen LogP contribution is -2.37. The van der Waals surface area contributed by atoms with Gasteiger partial charge in [-0.15, -0.1) is 0 Å². The molecule has 1 aliphatic heterocycles. The molecule has 0 bridgehead atoms. The van der Waals surface area contributed by atoms with Gasteiger partial charge in [0.25, 0.3) is 0 Å². The van der Waals surface area contributed by atoms with Crippen molar-refractivity contribution in [3.8, 4) is 0 Å². The molecular formula is C15H19FNO. The van der Waals surface area contributed by atoms with Crippen molar-refractivity contribution in [1.29, 1.82) is 0 Å². The van der Waals surface area contributed by atoms with E-state index in [0.717, 1.165) is 37.9 Å². The van der Waals surface area contributed by atoms with E-state index in [4.69, 9.17) is 0 Å². The summed E-state index contributed by atoms with van der Waals surface area (Å²) in [6, 6.07) is 5.14. The number of rotatable bonds is 2. The van der Waals surface area contributed by atoms with E-state index in [0.29, 0.717) is 11.5 Å². The van der Waals surface area contributed by atoms with Crippen LogP contribution in [0.1, 0.15) is 30.9 Å². The van der Waals surface area contributed by atoms with E-state index in [2.05, 4.69) is 6.92 Å². The molecule has 0 unspecified atom stereocenters. The average Bonchev–Trinajstić information content (AvgIpc) is 2.36. The van der Waals surface area contributed by atoms with Crippen LogP contribution in [0.4, 0.5) is 4.39 Å². The molecule has 1 aromatic carbocycles. The summed E-state index contributed by atoms with van der Waals surface area (Å²) in [5.41, 5.74) is 1.52. The number of carbonyl (C=O) groups is 1. The molecule has 18 heavy (non-hydrogen) atoms. The molecule has 0 N–H and O–H groups in total. The van der Waals surface area contributed by atoms with Crippen LogP contribution in [-0.4, -0.2) is 23.9 Å². The number of piperidine rings is 1. The van der Waals surface area contributed by atoms with Crippen LogP contribution >= 0.6 is 0 Å². The Kier molecular flexibility index (Phi) is 4.00. The van der Waals surface area contributed by atoms with Crippen molar-refractivity contribution in [3.63, 3.8) is 0 Å². The Bertz CT molecular complexity index is 436. The summed E-state index contributed by atoms with van der Waals surface area (Å²) in [6.07, 6.45) is 2.85. The number of amides is 1. The lowest BCUT2D eigenvalue weighted by Gasteiger charge is -2.31. The maximum atomic E-state index is 13.4. The molecule has 1 heterocycles. The molecule has 0 atom stereocenters. The van der Waals surface area contributed by atoms with Gasteiger partial charge < -0.3 is 4.90 Å². The van der Waals surface area contributed by atoms with E-state index in [9.17, 15) is 9.18 Å². The van der Waals surface area contributed by atoms with Crippen LogP contribution in [0.2, 0.25) is 0 Å². The van der Waals surface area contributed by atoms with Gasteiger partial charge in [-0.1, -0.05) is 12.1 Å². The average molecular weight is 248 g/mol. The van der Waals surface area contributed by atoms with Gasteiger partial charge in [-0.05, 0) is 49.3 Å². The quantitative estimate of drug-likeness (QED) is 0.788. The van der Waals surface area contributed by atoms with Crippen molar-refractivity contribution in [1.82, 2.24) is 4.90 Å². The summed E-state index contributed by atoms with van der Waals surface area (Å²) in [6.45, 7) is 7.04. The number of benzene rings is 1. The third-order valence-electron chi connectivity index (χ3n) is 3.78. The first-order valence-corrected chi connectivity index (χ1v) is 6.43. The Morgan fingerprint density at radius 1 is 1.44 bits per heavy atom. The second-order valence-corrected chi connectivity index (χ2v) is 5.03. The highest BCUT2D eigenvalue weighted by molar-refractivity contribution is 5.73. The first-order valence-electron chi connectivity index (χ1n) is 6.43. The van der Waals surface area contributed by atoms with Gasteiger partial charge in [0.05, 0.1) is 0 Å². The molecule has 0 spiro atoms. The Labute approximate surface area is 108 Å². The normalized spacial score (nSPS) is 16.9. The van der Waals surface area contributed by atoms with Gasteiger partial charge in [0.2, 0.25) is 5.91 Å². The van der Waals surface area contributed by atoms with Gasteiger partial charge in [-0.3, -0.25) is 4.79 Å². The fourth-order valence-electron chi connectivity index (χ4n) is 2.56. The Morgan fingerprint density at radius 3 is 2.72 bits per heavy atom. The van der Waals surface area contributed by atoms with E-state index in [1.807, 2.05) is 11.0 Å². The number of halogens is 1. The minimum atomic E-state index is -0.228. The number of hydrogen-bond acceptors (Lipinski definition) is 1. The van der Waals surface area contributed by atoms with Crippen molar-refractivity contribution >= 4 is 5.91 Å². The monoisotopic (exact) mass is 248 g/mol. The lowest BCUT2D eigenvalue weighted by atomic mass is 9.88. The zero-order valence-corrected chi connectivity index (χ0v) is 10.8. The summed E-state index contributed by atoms with van der Waals surface area (Å²) < 4.78 is 13.4. The number of nitrogens with zero attached hydrogens (tertiary/aromatic N) is 1. The largest absolute Gasteiger partial charge is 0.343 e. The standard InChI is InChI=1S/C15H19FNO/c1-11-14(4-3-5-15(11)16)10-13-6-8-17(9-7-13)12(2)18/h3-5,13H,1,6-10H2,2H3. The summed E-state index contributed by atoms with van der Waals surface area (Å²) >= 11 is 0. The van der Waals surface area contributed by atoms with E-state index >= 15 is 0 Å². The molecule has 2 nitrogen and oxygen atoms in total. The summed E-state index contributed by atoms with van der Waals surface area (Å²) in [7, 11) is 0. The van der Waals surface area contributed by atoms with Gasteiger partial charge >= 0.3 is 0 Å². The zero-order valence-electron chi connectivity index (χ0n) is 10.8. The summed E-state index contributed by atoms with van der Waals surface area (Å²) in [5.74, 6) is 0.452. The Morgan fingerprint density at radius 2 is 2.11 bits per heavy atom. The van der Waals surface area contributed by atoms with Crippen LogP contribution in [0.25, 0.3) is 0 Å². The fraction of sp³-hybridized carbons (Fsp3) is 0.467. The van der Waals surface area contributed by atoms with Crippen molar-refractivity contribution in [2.75, 3.05) is 13.1 Å².